The molecule has 4 nitrogen and oxygen atoms in total. The van der Waals surface area contributed by atoms with Crippen molar-refractivity contribution in [1.29, 1.82) is 5.26 Å². The van der Waals surface area contributed by atoms with Gasteiger partial charge in [-0.05, 0) is 24.8 Å². The highest BCUT2D eigenvalue weighted by Crippen LogP contribution is 2.10. The van der Waals surface area contributed by atoms with Crippen molar-refractivity contribution >= 4 is 5.91 Å². The van der Waals surface area contributed by atoms with E-state index in [1.54, 1.807) is 0 Å². The number of nitrogens with zero attached hydrogens (tertiary/aromatic N) is 2. The van der Waals surface area contributed by atoms with Gasteiger partial charge < -0.3 is 0 Å². The third-order valence-electron chi connectivity index (χ3n) is 3.38. The average molecular weight is 257 g/mol. The standard InChI is InChI=1S/C15H19N3O/c16-12-14(11-13-7-3-1-4-8-13)15(19)17-18-9-5-2-6-10-18/h1,3-4,7-8,14H,2,5-6,9-11H2,(H,17,19). The first-order valence-corrected chi connectivity index (χ1v) is 6.78. The van der Waals surface area contributed by atoms with E-state index >= 15 is 0 Å². The van der Waals surface area contributed by atoms with Gasteiger partial charge in [-0.1, -0.05) is 36.8 Å². The molecule has 0 radical (unpaired) electrons. The predicted molar refractivity (Wildman–Crippen MR) is 72.8 cm³/mol. The van der Waals surface area contributed by atoms with Crippen LogP contribution < -0.4 is 5.43 Å². The minimum atomic E-state index is -0.621. The Bertz CT molecular complexity index is 446. The smallest absolute Gasteiger partial charge is 0.251 e. The minimum absolute atomic E-state index is 0.187. The van der Waals surface area contributed by atoms with Gasteiger partial charge in [-0.3, -0.25) is 10.2 Å². The fourth-order valence-electron chi connectivity index (χ4n) is 2.29. The number of nitriles is 1. The number of piperidine rings is 1. The molecule has 19 heavy (non-hydrogen) atoms. The van der Waals surface area contributed by atoms with Crippen LogP contribution in [-0.4, -0.2) is 24.0 Å². The number of carbonyl (C=O) groups excluding carboxylic acids is 1. The van der Waals surface area contributed by atoms with Crippen molar-refractivity contribution in [3.8, 4) is 6.07 Å². The maximum absolute atomic E-state index is 12.1. The molecule has 1 fully saturated rings. The maximum Gasteiger partial charge on any atom is 0.251 e. The van der Waals surface area contributed by atoms with Gasteiger partial charge in [0.1, 0.15) is 5.92 Å². The Kier molecular flexibility index (Phi) is 4.93. The van der Waals surface area contributed by atoms with Gasteiger partial charge in [0.05, 0.1) is 6.07 Å². The normalized spacial score (nSPS) is 17.4. The molecule has 1 saturated heterocycles. The molecule has 4 heteroatoms. The molecule has 2 rings (SSSR count). The molecular weight excluding hydrogens is 238 g/mol. The maximum atomic E-state index is 12.1. The van der Waals surface area contributed by atoms with Crippen LogP contribution in [0.5, 0.6) is 0 Å². The lowest BCUT2D eigenvalue weighted by Crippen LogP contribution is -2.47. The summed E-state index contributed by atoms with van der Waals surface area (Å²) in [6, 6.07) is 11.8. The molecule has 1 aliphatic heterocycles. The van der Waals surface area contributed by atoms with E-state index in [0.717, 1.165) is 31.5 Å². The first-order chi connectivity index (χ1) is 9.29. The van der Waals surface area contributed by atoms with Crippen molar-refractivity contribution in [1.82, 2.24) is 10.4 Å². The van der Waals surface area contributed by atoms with Crippen LogP contribution in [0.1, 0.15) is 24.8 Å². The molecule has 1 aromatic carbocycles. The number of rotatable bonds is 4. The van der Waals surface area contributed by atoms with Crippen LogP contribution in [0.15, 0.2) is 30.3 Å². The van der Waals surface area contributed by atoms with Gasteiger partial charge in [0.25, 0.3) is 5.91 Å². The fourth-order valence-corrected chi connectivity index (χ4v) is 2.29. The van der Waals surface area contributed by atoms with Gasteiger partial charge >= 0.3 is 0 Å². The summed E-state index contributed by atoms with van der Waals surface area (Å²) < 4.78 is 0. The average Bonchev–Trinajstić information content (AvgIpc) is 2.47. The molecule has 0 bridgehead atoms. The minimum Gasteiger partial charge on any atom is -0.288 e. The van der Waals surface area contributed by atoms with Crippen molar-refractivity contribution in [3.63, 3.8) is 0 Å². The molecule has 1 aliphatic rings. The van der Waals surface area contributed by atoms with Gasteiger partial charge in [-0.25, -0.2) is 5.01 Å². The molecule has 0 saturated carbocycles. The van der Waals surface area contributed by atoms with Crippen LogP contribution in [0.2, 0.25) is 0 Å². The van der Waals surface area contributed by atoms with Gasteiger partial charge in [0.15, 0.2) is 0 Å². The van der Waals surface area contributed by atoms with E-state index < -0.39 is 5.92 Å². The summed E-state index contributed by atoms with van der Waals surface area (Å²) >= 11 is 0. The van der Waals surface area contributed by atoms with E-state index in [4.69, 9.17) is 5.26 Å². The number of hydrogen-bond acceptors (Lipinski definition) is 3. The molecule has 1 atom stereocenters. The number of hydrazine groups is 1. The Hall–Kier alpha value is -1.86. The van der Waals surface area contributed by atoms with Gasteiger partial charge in [-0.15, -0.1) is 0 Å². The Morgan fingerprint density at radius 1 is 1.26 bits per heavy atom. The van der Waals surface area contributed by atoms with Crippen LogP contribution in [0.4, 0.5) is 0 Å². The largest absolute Gasteiger partial charge is 0.288 e. The van der Waals surface area contributed by atoms with Crippen molar-refractivity contribution in [2.24, 2.45) is 5.92 Å². The summed E-state index contributed by atoms with van der Waals surface area (Å²) in [7, 11) is 0. The summed E-state index contributed by atoms with van der Waals surface area (Å²) in [6.45, 7) is 1.77. The SMILES string of the molecule is N#CC(Cc1ccccc1)C(=O)NN1CCCCC1. The lowest BCUT2D eigenvalue weighted by molar-refractivity contribution is -0.128. The number of nitrogens with one attached hydrogen (secondary N) is 1. The van der Waals surface area contributed by atoms with E-state index in [2.05, 4.69) is 11.5 Å². The molecule has 100 valence electrons. The number of hydrogen-bond donors (Lipinski definition) is 1. The quantitative estimate of drug-likeness (QED) is 0.896. The summed E-state index contributed by atoms with van der Waals surface area (Å²) in [5.74, 6) is -0.808. The van der Waals surface area contributed by atoms with Crippen molar-refractivity contribution in [2.45, 2.75) is 25.7 Å². The van der Waals surface area contributed by atoms with Crippen molar-refractivity contribution < 1.29 is 4.79 Å². The van der Waals surface area contributed by atoms with E-state index in [1.807, 2.05) is 35.3 Å². The van der Waals surface area contributed by atoms with Crippen LogP contribution in [0.3, 0.4) is 0 Å². The first kappa shape index (κ1) is 13.6. The van der Waals surface area contributed by atoms with Crippen LogP contribution in [0, 0.1) is 17.2 Å². The zero-order valence-corrected chi connectivity index (χ0v) is 11.0. The summed E-state index contributed by atoms with van der Waals surface area (Å²) in [5, 5.41) is 11.1. The van der Waals surface area contributed by atoms with Gasteiger partial charge in [0, 0.05) is 13.1 Å². The van der Waals surface area contributed by atoms with Crippen molar-refractivity contribution in [3.05, 3.63) is 35.9 Å². The van der Waals surface area contributed by atoms with Crippen LogP contribution >= 0.6 is 0 Å². The topological polar surface area (TPSA) is 56.1 Å². The Balaban J connectivity index is 1.90. The molecule has 1 N–H and O–H groups in total. The highest BCUT2D eigenvalue weighted by Gasteiger charge is 2.21. The third kappa shape index (κ3) is 4.08. The van der Waals surface area contributed by atoms with Gasteiger partial charge in [0.2, 0.25) is 0 Å². The molecular formula is C15H19N3O. The number of benzene rings is 1. The van der Waals surface area contributed by atoms with E-state index in [-0.39, 0.29) is 5.91 Å². The first-order valence-electron chi connectivity index (χ1n) is 6.78. The molecule has 0 aromatic heterocycles. The fraction of sp³-hybridized carbons (Fsp3) is 0.467. The van der Waals surface area contributed by atoms with E-state index in [9.17, 15) is 4.79 Å². The second-order valence-corrected chi connectivity index (χ2v) is 4.90. The lowest BCUT2D eigenvalue weighted by Gasteiger charge is -2.27. The Morgan fingerprint density at radius 2 is 1.95 bits per heavy atom. The summed E-state index contributed by atoms with van der Waals surface area (Å²) in [4.78, 5) is 12.1. The van der Waals surface area contributed by atoms with E-state index in [0.29, 0.717) is 6.42 Å². The molecule has 1 unspecified atom stereocenters. The second kappa shape index (κ2) is 6.91. The molecule has 1 heterocycles. The second-order valence-electron chi connectivity index (χ2n) is 4.90. The molecule has 0 aliphatic carbocycles. The van der Waals surface area contributed by atoms with Crippen molar-refractivity contribution in [2.75, 3.05) is 13.1 Å². The van der Waals surface area contributed by atoms with Gasteiger partial charge in [-0.2, -0.15) is 5.26 Å². The highest BCUT2D eigenvalue weighted by atomic mass is 16.2. The predicted octanol–water partition coefficient (Wildman–Crippen LogP) is 1.89. The summed E-state index contributed by atoms with van der Waals surface area (Å²) in [5.41, 5.74) is 3.88. The molecule has 0 spiro atoms. The van der Waals surface area contributed by atoms with Crippen LogP contribution in [-0.2, 0) is 11.2 Å². The molecule has 1 amide bonds. The molecule has 1 aromatic rings. The lowest BCUT2D eigenvalue weighted by atomic mass is 10.0. The van der Waals surface area contributed by atoms with Crippen LogP contribution in [0.25, 0.3) is 0 Å². The van der Waals surface area contributed by atoms with E-state index in [1.165, 1.54) is 6.42 Å². The Morgan fingerprint density at radius 3 is 2.58 bits per heavy atom. The zero-order chi connectivity index (χ0) is 13.5. The number of carbonyl (C=O) groups is 1. The Labute approximate surface area is 114 Å². The number of amides is 1. The third-order valence-corrected chi connectivity index (χ3v) is 3.38. The zero-order valence-electron chi connectivity index (χ0n) is 11.0. The monoisotopic (exact) mass is 257 g/mol. The summed E-state index contributed by atoms with van der Waals surface area (Å²) in [6.07, 6.45) is 3.90. The highest BCUT2D eigenvalue weighted by molar-refractivity contribution is 5.80.